The molecule has 0 fully saturated rings. The van der Waals surface area contributed by atoms with Crippen molar-refractivity contribution < 1.29 is 13.5 Å². The Morgan fingerprint density at radius 2 is 1.70 bits per heavy atom. The summed E-state index contributed by atoms with van der Waals surface area (Å²) in [4.78, 5) is 2.01. The van der Waals surface area contributed by atoms with Gasteiger partial charge in [0.05, 0.1) is 17.9 Å². The van der Waals surface area contributed by atoms with E-state index in [9.17, 15) is 13.5 Å². The molecule has 0 saturated heterocycles. The van der Waals surface area contributed by atoms with Crippen molar-refractivity contribution in [3.8, 4) is 0 Å². The summed E-state index contributed by atoms with van der Waals surface area (Å²) in [5.74, 6) is -0.482. The second kappa shape index (κ2) is 8.50. The van der Waals surface area contributed by atoms with Crippen LogP contribution in [0.1, 0.15) is 5.56 Å². The minimum absolute atomic E-state index is 0. The van der Waals surface area contributed by atoms with Crippen LogP contribution in [0.25, 0.3) is 0 Å². The molecule has 27 heavy (non-hydrogen) atoms. The lowest BCUT2D eigenvalue weighted by molar-refractivity contribution is 0.456. The van der Waals surface area contributed by atoms with E-state index in [4.69, 9.17) is 0 Å². The van der Waals surface area contributed by atoms with Crippen molar-refractivity contribution in [1.82, 2.24) is 4.90 Å². The first-order chi connectivity index (χ1) is 12.3. The number of fused-ring (bicyclic) bond motifs is 1. The minimum Gasteiger partial charge on any atom is -0.306 e. The zero-order valence-corrected chi connectivity index (χ0v) is 17.2. The minimum atomic E-state index is -3.41. The number of anilines is 3. The summed E-state index contributed by atoms with van der Waals surface area (Å²) < 4.78 is 39.3. The predicted octanol–water partition coefficient (Wildman–Crippen LogP) is 5.21. The van der Waals surface area contributed by atoms with Gasteiger partial charge in [-0.25, -0.2) is 13.0 Å². The molecule has 0 bridgehead atoms. The zero-order chi connectivity index (χ0) is 18.9. The molecule has 1 heterocycles. The van der Waals surface area contributed by atoms with Gasteiger partial charge in [-0.2, -0.15) is 0 Å². The second-order valence-corrected chi connectivity index (χ2v) is 8.31. The molecule has 1 aliphatic rings. The monoisotopic (exact) mass is 413 g/mol. The summed E-state index contributed by atoms with van der Waals surface area (Å²) in [7, 11) is 0.512. The molecule has 148 valence electrons. The van der Waals surface area contributed by atoms with Crippen molar-refractivity contribution in [1.29, 1.82) is 0 Å². The van der Waals surface area contributed by atoms with Crippen LogP contribution in [0.5, 0.6) is 0 Å². The van der Waals surface area contributed by atoms with Crippen LogP contribution in [0.2, 0.25) is 0 Å². The fourth-order valence-electron chi connectivity index (χ4n) is 2.90. The first-order valence-corrected chi connectivity index (χ1v) is 9.79. The Bertz CT molecular complexity index is 832. The van der Waals surface area contributed by atoms with Crippen molar-refractivity contribution in [2.75, 3.05) is 35.8 Å². The maximum Gasteiger partial charge on any atom is 0.148 e. The quantitative estimate of drug-likeness (QED) is 0.659. The van der Waals surface area contributed by atoms with Crippen molar-refractivity contribution in [2.24, 2.45) is 0 Å². The first-order valence-electron chi connectivity index (χ1n) is 8.33. The highest BCUT2D eigenvalue weighted by molar-refractivity contribution is 8.27. The molecule has 0 atom stereocenters. The maximum absolute atomic E-state index is 14.6. The fourth-order valence-corrected chi connectivity index (χ4v) is 4.63. The Hall–Kier alpha value is -1.77. The average Bonchev–Trinajstić information content (AvgIpc) is 2.79. The predicted molar refractivity (Wildman–Crippen MR) is 115 cm³/mol. The number of hydrogen-bond donors (Lipinski definition) is 2. The molecule has 3 rings (SSSR count). The largest absolute Gasteiger partial charge is 0.306 e. The number of benzene rings is 2. The van der Waals surface area contributed by atoms with Crippen molar-refractivity contribution in [3.63, 3.8) is 0 Å². The molecule has 0 unspecified atom stereocenters. The van der Waals surface area contributed by atoms with Crippen LogP contribution in [0.3, 0.4) is 0 Å². The summed E-state index contributed by atoms with van der Waals surface area (Å²) in [6.45, 7) is 2.87. The van der Waals surface area contributed by atoms with Gasteiger partial charge in [0.15, 0.2) is 0 Å². The third kappa shape index (κ3) is 4.23. The van der Waals surface area contributed by atoms with E-state index < -0.39 is 16.8 Å². The van der Waals surface area contributed by atoms with E-state index in [1.165, 1.54) is 14.7 Å². The number of likely N-dealkylation sites (N-methyl/N-ethyl adjacent to an activating group) is 1. The number of rotatable bonds is 5. The lowest BCUT2D eigenvalue weighted by Crippen LogP contribution is -2.31. The van der Waals surface area contributed by atoms with Gasteiger partial charge >= 0.3 is 0 Å². The first kappa shape index (κ1) is 21.5. The Labute approximate surface area is 167 Å². The third-order valence-electron chi connectivity index (χ3n) is 4.14. The van der Waals surface area contributed by atoms with Crippen LogP contribution >= 0.6 is 23.4 Å². The Kier molecular flexibility index (Phi) is 6.77. The van der Waals surface area contributed by atoms with Crippen molar-refractivity contribution in [3.05, 3.63) is 66.0 Å². The van der Waals surface area contributed by atoms with Crippen LogP contribution in [-0.4, -0.2) is 41.2 Å². The van der Waals surface area contributed by atoms with Gasteiger partial charge < -0.3 is 4.90 Å². The van der Waals surface area contributed by atoms with Crippen molar-refractivity contribution >= 4 is 40.4 Å². The Morgan fingerprint density at radius 1 is 1.04 bits per heavy atom. The van der Waals surface area contributed by atoms with E-state index in [0.29, 0.717) is 17.9 Å². The van der Waals surface area contributed by atoms with E-state index in [-0.39, 0.29) is 18.1 Å². The molecule has 2 N–H and O–H groups in total. The van der Waals surface area contributed by atoms with Gasteiger partial charge in [-0.1, -0.05) is 30.4 Å². The Balaban J connectivity index is 0.00000261. The molecule has 2 aromatic carbocycles. The molecular formula is C19H25ClFN3O2S. The molecule has 0 saturated carbocycles. The summed E-state index contributed by atoms with van der Waals surface area (Å²) in [6.07, 6.45) is 3.85. The molecule has 0 radical (unpaired) electrons. The molecule has 5 nitrogen and oxygen atoms in total. The van der Waals surface area contributed by atoms with E-state index in [1.807, 2.05) is 43.3 Å². The molecule has 8 heteroatoms. The van der Waals surface area contributed by atoms with Gasteiger partial charge in [0.1, 0.15) is 11.5 Å². The highest BCUT2D eigenvalue weighted by Gasteiger charge is 2.41. The highest BCUT2D eigenvalue weighted by Crippen LogP contribution is 2.64. The van der Waals surface area contributed by atoms with Crippen molar-refractivity contribution in [2.45, 2.75) is 6.92 Å². The van der Waals surface area contributed by atoms with Crippen LogP contribution in [-0.2, 0) is 0 Å². The topological polar surface area (TPSA) is 50.2 Å². The lowest BCUT2D eigenvalue weighted by Gasteiger charge is -2.43. The van der Waals surface area contributed by atoms with Gasteiger partial charge in [-0.3, -0.25) is 9.11 Å². The zero-order valence-electron chi connectivity index (χ0n) is 15.5. The van der Waals surface area contributed by atoms with E-state index in [2.05, 4.69) is 0 Å². The summed E-state index contributed by atoms with van der Waals surface area (Å²) >= 11 is 0. The fraction of sp³-hybridized carbons (Fsp3) is 0.263. The normalized spacial score (nSPS) is 16.6. The van der Waals surface area contributed by atoms with Crippen LogP contribution in [0, 0.1) is 12.7 Å². The standard InChI is InChI=1S/C19H24FN3O2S.ClH/c1-15-10-11-17(16(20)14-15)23-19-9-5-4-8-18(19)22(26(23,24)25)13-7-6-12-21(2)3;/h4-11,14,24-25H,12-13H2,1-3H3;1H/b7-6-;. The molecule has 0 spiro atoms. The molecule has 1 aliphatic heterocycles. The van der Waals surface area contributed by atoms with Crippen LogP contribution < -0.4 is 8.61 Å². The van der Waals surface area contributed by atoms with Gasteiger partial charge in [0, 0.05) is 6.54 Å². The summed E-state index contributed by atoms with van der Waals surface area (Å²) in [5.41, 5.74) is 2.18. The molecule has 0 aliphatic carbocycles. The summed E-state index contributed by atoms with van der Waals surface area (Å²) in [6, 6.07) is 12.0. The van der Waals surface area contributed by atoms with Gasteiger partial charge in [0.25, 0.3) is 0 Å². The van der Waals surface area contributed by atoms with E-state index >= 15 is 0 Å². The molecule has 0 amide bonds. The van der Waals surface area contributed by atoms with Gasteiger partial charge in [-0.15, -0.1) is 12.4 Å². The number of halogens is 2. The van der Waals surface area contributed by atoms with Crippen LogP contribution in [0.15, 0.2) is 54.6 Å². The highest BCUT2D eigenvalue weighted by atomic mass is 35.5. The average molecular weight is 414 g/mol. The molecule has 0 aromatic heterocycles. The molecular weight excluding hydrogens is 389 g/mol. The van der Waals surface area contributed by atoms with Crippen LogP contribution in [0.4, 0.5) is 21.5 Å². The van der Waals surface area contributed by atoms with Gasteiger partial charge in [0.2, 0.25) is 0 Å². The molecule has 2 aromatic rings. The van der Waals surface area contributed by atoms with Gasteiger partial charge in [-0.05, 0) is 61.8 Å². The van der Waals surface area contributed by atoms with E-state index in [1.54, 1.807) is 31.2 Å². The number of hydrogen-bond acceptors (Lipinski definition) is 5. The third-order valence-corrected chi connectivity index (χ3v) is 5.96. The number of para-hydroxylation sites is 2. The Morgan fingerprint density at radius 3 is 2.33 bits per heavy atom. The number of aryl methyl sites for hydroxylation is 1. The SMILES string of the molecule is Cc1ccc(N2c3ccccc3N(C/C=C\CN(C)C)S2(O)O)c(F)c1.Cl. The maximum atomic E-state index is 14.6. The summed E-state index contributed by atoms with van der Waals surface area (Å²) in [5, 5.41) is 0. The van der Waals surface area contributed by atoms with E-state index in [0.717, 1.165) is 12.1 Å². The smallest absolute Gasteiger partial charge is 0.148 e. The second-order valence-electron chi connectivity index (χ2n) is 6.52. The lowest BCUT2D eigenvalue weighted by atomic mass is 10.2. The number of nitrogens with zero attached hydrogens (tertiary/aromatic N) is 3.